The minimum atomic E-state index is 0.147. The molecule has 3 heterocycles. The zero-order valence-electron chi connectivity index (χ0n) is 17.7. The Morgan fingerprint density at radius 3 is 2.69 bits per heavy atom. The minimum absolute atomic E-state index is 0.147. The van der Waals surface area contributed by atoms with E-state index >= 15 is 0 Å². The van der Waals surface area contributed by atoms with E-state index in [2.05, 4.69) is 51.1 Å². The fraction of sp³-hybridized carbons (Fsp3) is 0.250. The van der Waals surface area contributed by atoms with Crippen LogP contribution in [0.3, 0.4) is 0 Å². The van der Waals surface area contributed by atoms with Crippen LogP contribution in [0.25, 0.3) is 17.1 Å². The first kappa shape index (κ1) is 20.9. The lowest BCUT2D eigenvalue weighted by Gasteiger charge is -2.22. The zero-order chi connectivity index (χ0) is 21.9. The normalized spacial score (nSPS) is 13.3. The molecule has 1 aromatic carbocycles. The van der Waals surface area contributed by atoms with Crippen molar-refractivity contribution in [3.05, 3.63) is 76.7 Å². The number of aryl methyl sites for hydroxylation is 1. The summed E-state index contributed by atoms with van der Waals surface area (Å²) in [5.41, 5.74) is 4.26. The second-order valence-electron chi connectivity index (χ2n) is 7.84. The molecule has 4 aromatic rings. The van der Waals surface area contributed by atoms with Gasteiger partial charge in [0, 0.05) is 30.5 Å². The molecule has 1 fully saturated rings. The van der Waals surface area contributed by atoms with E-state index in [0.717, 1.165) is 35.5 Å². The van der Waals surface area contributed by atoms with Crippen LogP contribution in [0.1, 0.15) is 24.0 Å². The summed E-state index contributed by atoms with van der Waals surface area (Å²) in [5, 5.41) is 13.8. The van der Waals surface area contributed by atoms with Gasteiger partial charge in [0.05, 0.1) is 11.4 Å². The lowest BCUT2D eigenvalue weighted by molar-refractivity contribution is -0.129. The Labute approximate surface area is 195 Å². The molecule has 1 aliphatic rings. The van der Waals surface area contributed by atoms with Gasteiger partial charge < -0.3 is 4.90 Å². The first-order valence-electron chi connectivity index (χ1n) is 10.6. The Morgan fingerprint density at radius 2 is 1.97 bits per heavy atom. The van der Waals surface area contributed by atoms with Gasteiger partial charge in [-0.15, -0.1) is 10.2 Å². The lowest BCUT2D eigenvalue weighted by atomic mass is 10.2. The fourth-order valence-electron chi connectivity index (χ4n) is 3.68. The number of rotatable bonds is 8. The summed E-state index contributed by atoms with van der Waals surface area (Å²) in [4.78, 5) is 19.3. The van der Waals surface area contributed by atoms with Crippen LogP contribution in [0, 0.1) is 6.92 Å². The molecule has 5 rings (SSSR count). The van der Waals surface area contributed by atoms with Gasteiger partial charge in [-0.05, 0) is 65.9 Å². The molecule has 0 saturated heterocycles. The molecule has 0 aliphatic heterocycles. The fourth-order valence-corrected chi connectivity index (χ4v) is 5.17. The molecule has 0 spiro atoms. The van der Waals surface area contributed by atoms with E-state index in [1.807, 2.05) is 33.7 Å². The molecule has 1 amide bonds. The van der Waals surface area contributed by atoms with Gasteiger partial charge in [-0.25, -0.2) is 0 Å². The van der Waals surface area contributed by atoms with Gasteiger partial charge in [-0.2, -0.15) is 11.3 Å². The Morgan fingerprint density at radius 1 is 1.16 bits per heavy atom. The summed E-state index contributed by atoms with van der Waals surface area (Å²) in [6.07, 6.45) is 5.68. The van der Waals surface area contributed by atoms with Gasteiger partial charge in [0.15, 0.2) is 11.0 Å². The summed E-state index contributed by atoms with van der Waals surface area (Å²) in [7, 11) is 0. The van der Waals surface area contributed by atoms with E-state index in [1.54, 1.807) is 23.7 Å². The van der Waals surface area contributed by atoms with Gasteiger partial charge in [0.1, 0.15) is 0 Å². The molecular weight excluding hydrogens is 438 g/mol. The molecule has 0 atom stereocenters. The predicted octanol–water partition coefficient (Wildman–Crippen LogP) is 4.98. The Kier molecular flexibility index (Phi) is 6.05. The van der Waals surface area contributed by atoms with Crippen LogP contribution >= 0.6 is 23.1 Å². The third kappa shape index (κ3) is 4.47. The smallest absolute Gasteiger partial charge is 0.233 e. The highest BCUT2D eigenvalue weighted by atomic mass is 32.2. The second kappa shape index (κ2) is 9.26. The second-order valence-corrected chi connectivity index (χ2v) is 9.56. The third-order valence-electron chi connectivity index (χ3n) is 5.49. The van der Waals surface area contributed by atoms with Gasteiger partial charge in [-0.1, -0.05) is 30.0 Å². The number of pyridine rings is 1. The number of benzene rings is 1. The summed E-state index contributed by atoms with van der Waals surface area (Å²) in [5.74, 6) is 1.23. The van der Waals surface area contributed by atoms with Crippen molar-refractivity contribution in [2.45, 2.75) is 37.5 Å². The van der Waals surface area contributed by atoms with Crippen LogP contribution in [0.15, 0.2) is 70.8 Å². The monoisotopic (exact) mass is 461 g/mol. The molecule has 32 heavy (non-hydrogen) atoms. The summed E-state index contributed by atoms with van der Waals surface area (Å²) in [6, 6.07) is 14.5. The molecule has 0 radical (unpaired) electrons. The van der Waals surface area contributed by atoms with E-state index in [1.165, 1.54) is 17.3 Å². The zero-order valence-corrected chi connectivity index (χ0v) is 19.4. The Bertz CT molecular complexity index is 1200. The van der Waals surface area contributed by atoms with Crippen LogP contribution < -0.4 is 0 Å². The SMILES string of the molecule is Cc1ccccc1-n1c(SCC(=O)N(Cc2ccsc2)C2CC2)nnc1-c1ccncc1. The van der Waals surface area contributed by atoms with Crippen molar-refractivity contribution in [1.29, 1.82) is 0 Å². The maximum Gasteiger partial charge on any atom is 0.233 e. The molecule has 0 unspecified atom stereocenters. The molecule has 0 bridgehead atoms. The summed E-state index contributed by atoms with van der Waals surface area (Å²) < 4.78 is 2.04. The van der Waals surface area contributed by atoms with Crippen molar-refractivity contribution in [1.82, 2.24) is 24.6 Å². The van der Waals surface area contributed by atoms with Crippen LogP contribution in [-0.2, 0) is 11.3 Å². The standard InChI is InChI=1S/C24H23N5OS2/c1-17-4-2-3-5-21(17)29-23(19-8-11-25-12-9-19)26-27-24(29)32-16-22(30)28(20-6-7-20)14-18-10-13-31-15-18/h2-5,8-13,15,20H,6-7,14,16H2,1H3. The molecule has 162 valence electrons. The first-order chi connectivity index (χ1) is 15.7. The summed E-state index contributed by atoms with van der Waals surface area (Å²) in [6.45, 7) is 2.75. The van der Waals surface area contributed by atoms with Crippen molar-refractivity contribution in [3.8, 4) is 17.1 Å². The number of thioether (sulfide) groups is 1. The number of hydrogen-bond donors (Lipinski definition) is 0. The molecule has 6 nitrogen and oxygen atoms in total. The van der Waals surface area contributed by atoms with Crippen LogP contribution in [0.4, 0.5) is 0 Å². The number of nitrogens with zero attached hydrogens (tertiary/aromatic N) is 5. The number of amides is 1. The number of carbonyl (C=O) groups is 1. The van der Waals surface area contributed by atoms with Crippen LogP contribution in [-0.4, -0.2) is 42.4 Å². The predicted molar refractivity (Wildman–Crippen MR) is 128 cm³/mol. The minimum Gasteiger partial charge on any atom is -0.335 e. The van der Waals surface area contributed by atoms with Crippen molar-refractivity contribution < 1.29 is 4.79 Å². The van der Waals surface area contributed by atoms with Gasteiger partial charge in [0.2, 0.25) is 5.91 Å². The van der Waals surface area contributed by atoms with E-state index in [0.29, 0.717) is 23.5 Å². The maximum atomic E-state index is 13.2. The van der Waals surface area contributed by atoms with Crippen LogP contribution in [0.2, 0.25) is 0 Å². The summed E-state index contributed by atoms with van der Waals surface area (Å²) >= 11 is 3.11. The van der Waals surface area contributed by atoms with Crippen molar-refractivity contribution in [3.63, 3.8) is 0 Å². The number of para-hydroxylation sites is 1. The lowest BCUT2D eigenvalue weighted by Crippen LogP contribution is -2.33. The van der Waals surface area contributed by atoms with Gasteiger partial charge >= 0.3 is 0 Å². The highest BCUT2D eigenvalue weighted by molar-refractivity contribution is 7.99. The first-order valence-corrected chi connectivity index (χ1v) is 12.5. The number of carbonyl (C=O) groups excluding carboxylic acids is 1. The Balaban J connectivity index is 1.42. The maximum absolute atomic E-state index is 13.2. The topological polar surface area (TPSA) is 63.9 Å². The molecule has 8 heteroatoms. The average molecular weight is 462 g/mol. The van der Waals surface area contributed by atoms with Crippen molar-refractivity contribution in [2.24, 2.45) is 0 Å². The van der Waals surface area contributed by atoms with Crippen molar-refractivity contribution in [2.75, 3.05) is 5.75 Å². The van der Waals surface area contributed by atoms with Gasteiger partial charge in [-0.3, -0.25) is 14.3 Å². The van der Waals surface area contributed by atoms with E-state index in [-0.39, 0.29) is 5.91 Å². The van der Waals surface area contributed by atoms with Crippen molar-refractivity contribution >= 4 is 29.0 Å². The third-order valence-corrected chi connectivity index (χ3v) is 7.14. The molecule has 3 aromatic heterocycles. The van der Waals surface area contributed by atoms with E-state index in [4.69, 9.17) is 0 Å². The average Bonchev–Trinajstić information content (AvgIpc) is 3.36. The van der Waals surface area contributed by atoms with E-state index < -0.39 is 0 Å². The van der Waals surface area contributed by atoms with Crippen LogP contribution in [0.5, 0.6) is 0 Å². The number of thiophene rings is 1. The number of hydrogen-bond acceptors (Lipinski definition) is 6. The quantitative estimate of drug-likeness (QED) is 0.346. The molecule has 1 aliphatic carbocycles. The van der Waals surface area contributed by atoms with E-state index in [9.17, 15) is 4.79 Å². The number of aromatic nitrogens is 4. The molecular formula is C24H23N5OS2. The highest BCUT2D eigenvalue weighted by Crippen LogP contribution is 2.32. The largest absolute Gasteiger partial charge is 0.335 e. The Hall–Kier alpha value is -2.97. The molecule has 1 saturated carbocycles. The molecule has 0 N–H and O–H groups in total. The van der Waals surface area contributed by atoms with Gasteiger partial charge in [0.25, 0.3) is 0 Å². The highest BCUT2D eigenvalue weighted by Gasteiger charge is 2.32.